The zero-order valence-electron chi connectivity index (χ0n) is 11.8. The molecule has 2 N–H and O–H groups in total. The lowest BCUT2D eigenvalue weighted by atomic mass is 9.86. The van der Waals surface area contributed by atoms with Crippen LogP contribution in [0.15, 0.2) is 23.1 Å². The highest BCUT2D eigenvalue weighted by molar-refractivity contribution is 7.85. The van der Waals surface area contributed by atoms with Crippen molar-refractivity contribution < 1.29 is 13.7 Å². The predicted octanol–water partition coefficient (Wildman–Crippen LogP) is 2.76. The molecule has 2 aliphatic heterocycles. The second-order valence-corrected chi connectivity index (χ2v) is 7.85. The molecule has 0 aromatic heterocycles. The average molecular weight is 330 g/mol. The summed E-state index contributed by atoms with van der Waals surface area (Å²) in [5, 5.41) is 0.568. The maximum atomic E-state index is 12.9. The van der Waals surface area contributed by atoms with Crippen LogP contribution >= 0.6 is 11.6 Å². The Bertz CT molecular complexity index is 540. The monoisotopic (exact) mass is 329 g/mol. The van der Waals surface area contributed by atoms with Gasteiger partial charge in [-0.3, -0.25) is 4.21 Å². The lowest BCUT2D eigenvalue weighted by Crippen LogP contribution is -2.46. The molecule has 0 bridgehead atoms. The number of anilines is 1. The molecule has 0 amide bonds. The topological polar surface area (TPSA) is 61.6 Å². The van der Waals surface area contributed by atoms with Crippen molar-refractivity contribution in [2.24, 2.45) is 0 Å². The van der Waals surface area contributed by atoms with E-state index >= 15 is 0 Å². The number of ether oxygens (including phenoxy) is 2. The molecule has 2 aliphatic rings. The Kier molecular flexibility index (Phi) is 4.54. The zero-order chi connectivity index (χ0) is 14.9. The van der Waals surface area contributed by atoms with Gasteiger partial charge >= 0.3 is 0 Å². The van der Waals surface area contributed by atoms with Gasteiger partial charge in [0.1, 0.15) is 0 Å². The molecule has 2 atom stereocenters. The van der Waals surface area contributed by atoms with Crippen molar-refractivity contribution in [3.63, 3.8) is 0 Å². The molecule has 6 heteroatoms. The van der Waals surface area contributed by atoms with E-state index in [-0.39, 0.29) is 10.9 Å². The molecular weight excluding hydrogens is 310 g/mol. The highest BCUT2D eigenvalue weighted by Gasteiger charge is 2.41. The average Bonchev–Trinajstić information content (AvgIpc) is 2.47. The van der Waals surface area contributed by atoms with Gasteiger partial charge in [-0.05, 0) is 43.9 Å². The van der Waals surface area contributed by atoms with E-state index in [0.717, 1.165) is 38.9 Å². The molecule has 1 spiro atoms. The minimum Gasteiger partial charge on any atom is -0.399 e. The Morgan fingerprint density at radius 3 is 2.76 bits per heavy atom. The summed E-state index contributed by atoms with van der Waals surface area (Å²) in [7, 11) is -1.13. The van der Waals surface area contributed by atoms with Crippen molar-refractivity contribution in [2.45, 2.75) is 41.4 Å². The molecule has 4 nitrogen and oxygen atoms in total. The van der Waals surface area contributed by atoms with Crippen molar-refractivity contribution in [1.29, 1.82) is 0 Å². The van der Waals surface area contributed by atoms with E-state index in [1.54, 1.807) is 18.2 Å². The molecule has 2 heterocycles. The summed E-state index contributed by atoms with van der Waals surface area (Å²) >= 11 is 6.20. The van der Waals surface area contributed by atoms with Gasteiger partial charge in [0.2, 0.25) is 0 Å². The molecule has 21 heavy (non-hydrogen) atoms. The molecule has 0 saturated carbocycles. The number of benzene rings is 1. The van der Waals surface area contributed by atoms with Crippen LogP contribution in [0, 0.1) is 0 Å². The van der Waals surface area contributed by atoms with E-state index in [4.69, 9.17) is 26.8 Å². The van der Waals surface area contributed by atoms with Crippen LogP contribution < -0.4 is 5.73 Å². The molecule has 116 valence electrons. The van der Waals surface area contributed by atoms with Crippen molar-refractivity contribution >= 4 is 28.1 Å². The van der Waals surface area contributed by atoms with Crippen LogP contribution in [0.1, 0.15) is 25.7 Å². The minimum absolute atomic E-state index is 0.0815. The van der Waals surface area contributed by atoms with Crippen molar-refractivity contribution in [2.75, 3.05) is 25.6 Å². The first-order valence-electron chi connectivity index (χ1n) is 7.27. The van der Waals surface area contributed by atoms with Gasteiger partial charge in [-0.1, -0.05) is 11.6 Å². The van der Waals surface area contributed by atoms with Crippen LogP contribution in [-0.2, 0) is 20.3 Å². The third-order valence-corrected chi connectivity index (χ3v) is 6.55. The van der Waals surface area contributed by atoms with E-state index in [0.29, 0.717) is 22.2 Å². The fourth-order valence-corrected chi connectivity index (χ4v) is 5.11. The first kappa shape index (κ1) is 15.3. The predicted molar refractivity (Wildman–Crippen MR) is 84.0 cm³/mol. The van der Waals surface area contributed by atoms with Crippen LogP contribution in [0.3, 0.4) is 0 Å². The van der Waals surface area contributed by atoms with Gasteiger partial charge in [-0.25, -0.2) is 0 Å². The quantitative estimate of drug-likeness (QED) is 0.847. The second-order valence-electron chi connectivity index (χ2n) is 5.75. The minimum atomic E-state index is -1.13. The number of hydrogen-bond donors (Lipinski definition) is 1. The first-order chi connectivity index (χ1) is 10.1. The second kappa shape index (κ2) is 6.24. The fraction of sp³-hybridized carbons (Fsp3) is 0.600. The molecule has 0 aliphatic carbocycles. The molecule has 2 fully saturated rings. The molecule has 2 unspecified atom stereocenters. The van der Waals surface area contributed by atoms with E-state index in [1.165, 1.54) is 0 Å². The van der Waals surface area contributed by atoms with E-state index in [2.05, 4.69) is 0 Å². The summed E-state index contributed by atoms with van der Waals surface area (Å²) in [5.74, 6) is 0. The van der Waals surface area contributed by atoms with Gasteiger partial charge < -0.3 is 15.2 Å². The molecule has 3 rings (SSSR count). The van der Waals surface area contributed by atoms with Crippen molar-refractivity contribution in [3.05, 3.63) is 23.2 Å². The fourth-order valence-electron chi connectivity index (χ4n) is 3.12. The maximum Gasteiger partial charge on any atom is 0.0738 e. The third-order valence-electron chi connectivity index (χ3n) is 4.33. The Labute approximate surface area is 132 Å². The maximum absolute atomic E-state index is 12.9. The number of nitrogen functional groups attached to an aromatic ring is 1. The van der Waals surface area contributed by atoms with Gasteiger partial charge in [0.05, 0.1) is 26.3 Å². The Balaban J connectivity index is 1.77. The Hall–Kier alpha value is -0.620. The molecule has 0 radical (unpaired) electrons. The zero-order valence-corrected chi connectivity index (χ0v) is 13.4. The Morgan fingerprint density at radius 2 is 2.05 bits per heavy atom. The van der Waals surface area contributed by atoms with Crippen LogP contribution in [0.4, 0.5) is 5.69 Å². The molecule has 1 aromatic rings. The van der Waals surface area contributed by atoms with Crippen LogP contribution in [0.2, 0.25) is 5.02 Å². The lowest BCUT2D eigenvalue weighted by Gasteiger charge is -2.43. The highest BCUT2D eigenvalue weighted by Crippen LogP contribution is 2.38. The van der Waals surface area contributed by atoms with E-state index in [9.17, 15) is 4.21 Å². The first-order valence-corrected chi connectivity index (χ1v) is 8.86. The Morgan fingerprint density at radius 1 is 1.29 bits per heavy atom. The van der Waals surface area contributed by atoms with Gasteiger partial charge in [0, 0.05) is 30.8 Å². The molecule has 1 aromatic carbocycles. The number of nitrogens with two attached hydrogens (primary N) is 1. The number of hydrogen-bond acceptors (Lipinski definition) is 4. The number of rotatable bonds is 2. The summed E-state index contributed by atoms with van der Waals surface area (Å²) < 4.78 is 24.3. The summed E-state index contributed by atoms with van der Waals surface area (Å²) in [6.07, 6.45) is 3.38. The van der Waals surface area contributed by atoms with Gasteiger partial charge in [-0.15, -0.1) is 0 Å². The summed E-state index contributed by atoms with van der Waals surface area (Å²) in [5.41, 5.74) is 6.14. The van der Waals surface area contributed by atoms with Crippen LogP contribution in [-0.4, -0.2) is 34.9 Å². The largest absolute Gasteiger partial charge is 0.399 e. The van der Waals surface area contributed by atoms with Crippen molar-refractivity contribution in [3.8, 4) is 0 Å². The number of halogens is 1. The van der Waals surface area contributed by atoms with Crippen molar-refractivity contribution in [1.82, 2.24) is 0 Å². The normalized spacial score (nSPS) is 26.6. The van der Waals surface area contributed by atoms with Gasteiger partial charge in [-0.2, -0.15) is 0 Å². The van der Waals surface area contributed by atoms with Gasteiger partial charge in [0.15, 0.2) is 0 Å². The highest BCUT2D eigenvalue weighted by atomic mass is 35.5. The molecule has 2 saturated heterocycles. The smallest absolute Gasteiger partial charge is 0.0738 e. The van der Waals surface area contributed by atoms with E-state index < -0.39 is 10.8 Å². The van der Waals surface area contributed by atoms with Gasteiger partial charge in [0.25, 0.3) is 0 Å². The summed E-state index contributed by atoms with van der Waals surface area (Å²) in [6, 6.07) is 5.20. The SMILES string of the molecule is Nc1ccc(S(=O)C2CCOC3(CCOCC3)C2)c(Cl)c1. The van der Waals surface area contributed by atoms with Crippen LogP contribution in [0.5, 0.6) is 0 Å². The standard InChI is InChI=1S/C15H20ClNO3S/c16-13-9-11(17)1-2-14(13)21(18)12-3-6-20-15(10-12)4-7-19-8-5-15/h1-2,9,12H,3-8,10,17H2. The molecular formula is C15H20ClNO3S. The van der Waals surface area contributed by atoms with Crippen LogP contribution in [0.25, 0.3) is 0 Å². The third kappa shape index (κ3) is 3.26. The summed E-state index contributed by atoms with van der Waals surface area (Å²) in [6.45, 7) is 2.10. The van der Waals surface area contributed by atoms with E-state index in [1.807, 2.05) is 0 Å². The summed E-state index contributed by atoms with van der Waals surface area (Å²) in [4.78, 5) is 0.681. The lowest BCUT2D eigenvalue weighted by molar-refractivity contribution is -0.131.